The molecule has 0 spiro atoms. The number of aromatic nitrogens is 2. The maximum atomic E-state index is 13.5. The Labute approximate surface area is 189 Å². The van der Waals surface area contributed by atoms with Gasteiger partial charge in [-0.3, -0.25) is 4.79 Å². The maximum Gasteiger partial charge on any atom is 0.240 e. The van der Waals surface area contributed by atoms with Crippen LogP contribution in [-0.2, 0) is 9.53 Å². The Balaban J connectivity index is 1.51. The Morgan fingerprint density at radius 1 is 1.00 bits per heavy atom. The lowest BCUT2D eigenvalue weighted by Gasteiger charge is -2.30. The van der Waals surface area contributed by atoms with Crippen LogP contribution >= 0.6 is 23.1 Å². The van der Waals surface area contributed by atoms with Crippen LogP contribution in [0.25, 0.3) is 20.7 Å². The minimum atomic E-state index is -0.363. The van der Waals surface area contributed by atoms with Gasteiger partial charge in [-0.25, -0.2) is 9.97 Å². The highest BCUT2D eigenvalue weighted by molar-refractivity contribution is 8.00. The highest BCUT2D eigenvalue weighted by Gasteiger charge is 2.29. The van der Waals surface area contributed by atoms with Gasteiger partial charge in [0.25, 0.3) is 0 Å². The van der Waals surface area contributed by atoms with Gasteiger partial charge >= 0.3 is 0 Å². The van der Waals surface area contributed by atoms with Gasteiger partial charge in [0, 0.05) is 23.4 Å². The van der Waals surface area contributed by atoms with Crippen molar-refractivity contribution in [3.05, 3.63) is 78.6 Å². The first kappa shape index (κ1) is 20.2. The molecule has 2 aromatic heterocycles. The predicted molar refractivity (Wildman–Crippen MR) is 125 cm³/mol. The van der Waals surface area contributed by atoms with E-state index >= 15 is 0 Å². The van der Waals surface area contributed by atoms with Gasteiger partial charge < -0.3 is 9.64 Å². The van der Waals surface area contributed by atoms with E-state index in [0.29, 0.717) is 26.3 Å². The molecule has 0 unspecified atom stereocenters. The van der Waals surface area contributed by atoms with Crippen LogP contribution in [0.3, 0.4) is 0 Å². The lowest BCUT2D eigenvalue weighted by atomic mass is 10.1. The normalized spacial score (nSPS) is 15.2. The standard InChI is InChI=1S/C24H21N3O2S2/c28-24(27-11-13-29-14-12-27)21(18-9-5-2-6-10-18)31-23-19-15-20(17-7-3-1-4-8-17)30-22(19)25-16-26-23/h1-10,15-16,21H,11-14H2/t21-/m1/s1. The monoisotopic (exact) mass is 447 g/mol. The smallest absolute Gasteiger partial charge is 0.240 e. The fourth-order valence-electron chi connectivity index (χ4n) is 3.62. The van der Waals surface area contributed by atoms with Gasteiger partial charge in [-0.15, -0.1) is 11.3 Å². The number of benzene rings is 2. The molecule has 1 atom stereocenters. The Hall–Kier alpha value is -2.74. The summed E-state index contributed by atoms with van der Waals surface area (Å²) in [5.41, 5.74) is 2.14. The van der Waals surface area contributed by atoms with Crippen molar-refractivity contribution in [2.45, 2.75) is 10.3 Å². The number of fused-ring (bicyclic) bond motifs is 1. The molecule has 7 heteroatoms. The number of rotatable bonds is 5. The summed E-state index contributed by atoms with van der Waals surface area (Å²) < 4.78 is 5.44. The molecular formula is C24H21N3O2S2. The summed E-state index contributed by atoms with van der Waals surface area (Å²) in [5, 5.41) is 1.46. The summed E-state index contributed by atoms with van der Waals surface area (Å²) >= 11 is 3.15. The molecule has 0 N–H and O–H groups in total. The second-order valence-corrected chi connectivity index (χ2v) is 9.35. The van der Waals surface area contributed by atoms with Crippen molar-refractivity contribution in [2.24, 2.45) is 0 Å². The van der Waals surface area contributed by atoms with E-state index in [-0.39, 0.29) is 11.2 Å². The molecule has 0 saturated carbocycles. The Morgan fingerprint density at radius 2 is 1.71 bits per heavy atom. The Bertz CT molecular complexity index is 1180. The minimum Gasteiger partial charge on any atom is -0.378 e. The molecule has 5 rings (SSSR count). The highest BCUT2D eigenvalue weighted by atomic mass is 32.2. The molecule has 1 aliphatic heterocycles. The van der Waals surface area contributed by atoms with E-state index < -0.39 is 0 Å². The van der Waals surface area contributed by atoms with Gasteiger partial charge in [0.2, 0.25) is 5.91 Å². The maximum absolute atomic E-state index is 13.5. The highest BCUT2D eigenvalue weighted by Crippen LogP contribution is 2.42. The van der Waals surface area contributed by atoms with Crippen molar-refractivity contribution in [3.8, 4) is 10.4 Å². The molecule has 1 amide bonds. The second kappa shape index (κ2) is 9.18. The van der Waals surface area contributed by atoms with Crippen molar-refractivity contribution >= 4 is 39.2 Å². The molecular weight excluding hydrogens is 426 g/mol. The third-order valence-corrected chi connectivity index (χ3v) is 7.58. The molecule has 0 aliphatic carbocycles. The van der Waals surface area contributed by atoms with E-state index in [9.17, 15) is 4.79 Å². The fourth-order valence-corrected chi connectivity index (χ4v) is 5.85. The minimum absolute atomic E-state index is 0.102. The van der Waals surface area contributed by atoms with Crippen LogP contribution in [0.4, 0.5) is 0 Å². The molecule has 2 aromatic carbocycles. The number of hydrogen-bond donors (Lipinski definition) is 0. The van der Waals surface area contributed by atoms with E-state index in [1.807, 2.05) is 53.4 Å². The van der Waals surface area contributed by atoms with Crippen LogP contribution in [0.2, 0.25) is 0 Å². The van der Waals surface area contributed by atoms with E-state index in [0.717, 1.165) is 31.2 Å². The number of nitrogens with zero attached hydrogens (tertiary/aromatic N) is 3. The lowest BCUT2D eigenvalue weighted by molar-refractivity contribution is -0.134. The predicted octanol–water partition coefficient (Wildman–Crippen LogP) is 5.05. The zero-order valence-corrected chi connectivity index (χ0v) is 18.4. The topological polar surface area (TPSA) is 55.3 Å². The third kappa shape index (κ3) is 4.35. The van der Waals surface area contributed by atoms with Gasteiger partial charge in [-0.05, 0) is 17.2 Å². The van der Waals surface area contributed by atoms with E-state index in [1.165, 1.54) is 11.8 Å². The largest absolute Gasteiger partial charge is 0.378 e. The number of morpholine rings is 1. The first-order chi connectivity index (χ1) is 15.3. The summed E-state index contributed by atoms with van der Waals surface area (Å²) in [5.74, 6) is 0.102. The van der Waals surface area contributed by atoms with Crippen molar-refractivity contribution in [1.29, 1.82) is 0 Å². The van der Waals surface area contributed by atoms with Gasteiger partial charge in [0.05, 0.1) is 13.2 Å². The van der Waals surface area contributed by atoms with Crippen LogP contribution < -0.4 is 0 Å². The number of hydrogen-bond acceptors (Lipinski definition) is 6. The molecule has 156 valence electrons. The van der Waals surface area contributed by atoms with Gasteiger partial charge in [0.1, 0.15) is 21.4 Å². The molecule has 0 bridgehead atoms. The number of thioether (sulfide) groups is 1. The van der Waals surface area contributed by atoms with Crippen LogP contribution in [0.1, 0.15) is 10.8 Å². The van der Waals surface area contributed by atoms with Crippen molar-refractivity contribution in [2.75, 3.05) is 26.3 Å². The number of amides is 1. The van der Waals surface area contributed by atoms with E-state index in [1.54, 1.807) is 17.7 Å². The van der Waals surface area contributed by atoms with Crippen LogP contribution in [-0.4, -0.2) is 47.1 Å². The molecule has 1 saturated heterocycles. The van der Waals surface area contributed by atoms with Crippen molar-refractivity contribution in [1.82, 2.24) is 14.9 Å². The Kier molecular flexibility index (Phi) is 5.97. The summed E-state index contributed by atoms with van der Waals surface area (Å²) in [6, 6.07) is 22.4. The van der Waals surface area contributed by atoms with Crippen molar-refractivity contribution < 1.29 is 9.53 Å². The second-order valence-electron chi connectivity index (χ2n) is 7.22. The van der Waals surface area contributed by atoms with Crippen LogP contribution in [0.15, 0.2) is 78.1 Å². The Morgan fingerprint density at radius 3 is 2.45 bits per heavy atom. The lowest BCUT2D eigenvalue weighted by Crippen LogP contribution is -2.42. The summed E-state index contributed by atoms with van der Waals surface area (Å²) in [4.78, 5) is 26.5. The van der Waals surface area contributed by atoms with Gasteiger partial charge in [0.15, 0.2) is 0 Å². The average Bonchev–Trinajstić information content (AvgIpc) is 3.29. The van der Waals surface area contributed by atoms with Crippen molar-refractivity contribution in [3.63, 3.8) is 0 Å². The molecule has 1 aliphatic rings. The number of carbonyl (C=O) groups excluding carboxylic acids is 1. The number of carbonyl (C=O) groups is 1. The number of thiophene rings is 1. The molecule has 4 aromatic rings. The third-order valence-electron chi connectivity index (χ3n) is 5.23. The molecule has 3 heterocycles. The fraction of sp³-hybridized carbons (Fsp3) is 0.208. The quantitative estimate of drug-likeness (QED) is 0.317. The van der Waals surface area contributed by atoms with E-state index in [2.05, 4.69) is 28.2 Å². The average molecular weight is 448 g/mol. The first-order valence-electron chi connectivity index (χ1n) is 10.2. The zero-order chi connectivity index (χ0) is 21.0. The molecule has 0 radical (unpaired) electrons. The number of ether oxygens (including phenoxy) is 1. The summed E-state index contributed by atoms with van der Waals surface area (Å²) in [6.45, 7) is 2.41. The van der Waals surface area contributed by atoms with Gasteiger partial charge in [-0.2, -0.15) is 0 Å². The molecule has 31 heavy (non-hydrogen) atoms. The van der Waals surface area contributed by atoms with Crippen LogP contribution in [0, 0.1) is 0 Å². The molecule has 1 fully saturated rings. The first-order valence-corrected chi connectivity index (χ1v) is 11.9. The van der Waals surface area contributed by atoms with Crippen LogP contribution in [0.5, 0.6) is 0 Å². The SMILES string of the molecule is O=C([C@H](Sc1ncnc2sc(-c3ccccc3)cc12)c1ccccc1)N1CCOCC1. The van der Waals surface area contributed by atoms with E-state index in [4.69, 9.17) is 4.74 Å². The zero-order valence-electron chi connectivity index (χ0n) is 16.8. The molecule has 5 nitrogen and oxygen atoms in total. The van der Waals surface area contributed by atoms with Gasteiger partial charge in [-0.1, -0.05) is 72.4 Å². The summed E-state index contributed by atoms with van der Waals surface area (Å²) in [6.07, 6.45) is 1.59. The summed E-state index contributed by atoms with van der Waals surface area (Å²) in [7, 11) is 0.